The molecule has 0 unspecified atom stereocenters. The van der Waals surface area contributed by atoms with Crippen LogP contribution >= 0.6 is 0 Å². The van der Waals surface area contributed by atoms with Crippen molar-refractivity contribution in [3.63, 3.8) is 0 Å². The van der Waals surface area contributed by atoms with Crippen LogP contribution in [-0.2, 0) is 16.4 Å². The molecule has 1 rings (SSSR count). The summed E-state index contributed by atoms with van der Waals surface area (Å²) in [6, 6.07) is 7.86. The lowest BCUT2D eigenvalue weighted by Crippen LogP contribution is -2.31. The molecule has 0 amide bonds. The molecule has 0 aliphatic heterocycles. The van der Waals surface area contributed by atoms with E-state index < -0.39 is 10.0 Å². The SMILES string of the molecule is CCCc1ccccc1NS(=O)(=O)CCNC(C)C. The van der Waals surface area contributed by atoms with E-state index in [0.717, 1.165) is 18.4 Å². The second-order valence-electron chi connectivity index (χ2n) is 4.94. The number of benzene rings is 1. The first-order valence-electron chi connectivity index (χ1n) is 6.76. The fraction of sp³-hybridized carbons (Fsp3) is 0.571. The van der Waals surface area contributed by atoms with Crippen molar-refractivity contribution >= 4 is 15.7 Å². The molecule has 0 aliphatic carbocycles. The van der Waals surface area contributed by atoms with E-state index in [1.807, 2.05) is 38.1 Å². The van der Waals surface area contributed by atoms with Gasteiger partial charge in [-0.1, -0.05) is 45.4 Å². The van der Waals surface area contributed by atoms with Gasteiger partial charge in [0.1, 0.15) is 0 Å². The van der Waals surface area contributed by atoms with Gasteiger partial charge in [-0.05, 0) is 18.1 Å². The molecule has 0 aliphatic rings. The molecular weight excluding hydrogens is 260 g/mol. The lowest BCUT2D eigenvalue weighted by atomic mass is 10.1. The zero-order chi connectivity index (χ0) is 14.3. The van der Waals surface area contributed by atoms with Gasteiger partial charge in [-0.15, -0.1) is 0 Å². The van der Waals surface area contributed by atoms with Crippen LogP contribution in [0.5, 0.6) is 0 Å². The first-order chi connectivity index (χ1) is 8.94. The first-order valence-corrected chi connectivity index (χ1v) is 8.41. The summed E-state index contributed by atoms with van der Waals surface area (Å²) < 4.78 is 26.7. The molecule has 1 aromatic carbocycles. The Balaban J connectivity index is 2.67. The van der Waals surface area contributed by atoms with Crippen LogP contribution in [0.2, 0.25) is 0 Å². The fourth-order valence-corrected chi connectivity index (χ4v) is 2.83. The Kier molecular flexibility index (Phi) is 6.31. The van der Waals surface area contributed by atoms with Crippen LogP contribution < -0.4 is 10.0 Å². The summed E-state index contributed by atoms with van der Waals surface area (Å²) >= 11 is 0. The summed E-state index contributed by atoms with van der Waals surface area (Å²) in [5.74, 6) is 0.0889. The number of hydrogen-bond donors (Lipinski definition) is 2. The minimum atomic E-state index is -3.28. The van der Waals surface area contributed by atoms with Gasteiger partial charge in [0.05, 0.1) is 11.4 Å². The summed E-state index contributed by atoms with van der Waals surface area (Å²) in [5, 5.41) is 3.11. The molecule has 0 saturated carbocycles. The summed E-state index contributed by atoms with van der Waals surface area (Å²) in [7, 11) is -3.28. The Hall–Kier alpha value is -1.07. The van der Waals surface area contributed by atoms with Gasteiger partial charge in [0, 0.05) is 12.6 Å². The Labute approximate surface area is 116 Å². The molecule has 19 heavy (non-hydrogen) atoms. The minimum absolute atomic E-state index is 0.0889. The molecular formula is C14H24N2O2S. The van der Waals surface area contributed by atoms with Gasteiger partial charge in [0.25, 0.3) is 0 Å². The largest absolute Gasteiger partial charge is 0.313 e. The Morgan fingerprint density at radius 3 is 2.53 bits per heavy atom. The third-order valence-corrected chi connectivity index (χ3v) is 4.00. The summed E-state index contributed by atoms with van der Waals surface area (Å²) in [6.45, 7) is 6.54. The van der Waals surface area contributed by atoms with Crippen LogP contribution in [0.25, 0.3) is 0 Å². The topological polar surface area (TPSA) is 58.2 Å². The summed E-state index contributed by atoms with van der Waals surface area (Å²) in [5.41, 5.74) is 1.75. The van der Waals surface area contributed by atoms with Crippen LogP contribution in [0.3, 0.4) is 0 Å². The lowest BCUT2D eigenvalue weighted by molar-refractivity contribution is 0.582. The van der Waals surface area contributed by atoms with E-state index in [2.05, 4.69) is 17.0 Å². The number of anilines is 1. The molecule has 0 atom stereocenters. The maximum atomic E-state index is 12.0. The monoisotopic (exact) mass is 284 g/mol. The van der Waals surface area contributed by atoms with E-state index in [4.69, 9.17) is 0 Å². The molecule has 0 heterocycles. The van der Waals surface area contributed by atoms with Gasteiger partial charge in [0.15, 0.2) is 0 Å². The van der Waals surface area contributed by atoms with Gasteiger partial charge in [0.2, 0.25) is 10.0 Å². The standard InChI is InChI=1S/C14H24N2O2S/c1-4-7-13-8-5-6-9-14(13)16-19(17,18)11-10-15-12(2)3/h5-6,8-9,12,15-16H,4,7,10-11H2,1-3H3. The maximum absolute atomic E-state index is 12.0. The molecule has 4 nitrogen and oxygen atoms in total. The number of sulfonamides is 1. The molecule has 2 N–H and O–H groups in total. The highest BCUT2D eigenvalue weighted by molar-refractivity contribution is 7.92. The maximum Gasteiger partial charge on any atom is 0.233 e. The third kappa shape index (κ3) is 6.07. The average molecular weight is 284 g/mol. The molecule has 0 fully saturated rings. The van der Waals surface area contributed by atoms with Crippen molar-refractivity contribution in [3.8, 4) is 0 Å². The lowest BCUT2D eigenvalue weighted by Gasteiger charge is -2.13. The molecule has 0 saturated heterocycles. The predicted molar refractivity (Wildman–Crippen MR) is 81.0 cm³/mol. The van der Waals surface area contributed by atoms with E-state index >= 15 is 0 Å². The average Bonchev–Trinajstić information content (AvgIpc) is 2.31. The van der Waals surface area contributed by atoms with Crippen LogP contribution in [0.4, 0.5) is 5.69 Å². The van der Waals surface area contributed by atoms with Gasteiger partial charge in [-0.25, -0.2) is 8.42 Å². The second-order valence-corrected chi connectivity index (χ2v) is 6.78. The number of nitrogens with one attached hydrogen (secondary N) is 2. The molecule has 0 spiro atoms. The molecule has 0 radical (unpaired) electrons. The number of aryl methyl sites for hydroxylation is 1. The molecule has 108 valence electrons. The van der Waals surface area contributed by atoms with Crippen LogP contribution in [0, 0.1) is 0 Å². The Bertz CT molecular complexity index is 484. The van der Waals surface area contributed by atoms with E-state index in [1.165, 1.54) is 0 Å². The highest BCUT2D eigenvalue weighted by atomic mass is 32.2. The van der Waals surface area contributed by atoms with E-state index in [0.29, 0.717) is 18.3 Å². The smallest absolute Gasteiger partial charge is 0.233 e. The molecule has 5 heteroatoms. The molecule has 1 aromatic rings. The summed E-state index contributed by atoms with van der Waals surface area (Å²) in [6.07, 6.45) is 1.87. The van der Waals surface area contributed by atoms with Crippen molar-refractivity contribution in [2.45, 2.75) is 39.7 Å². The first kappa shape index (κ1) is 16.0. The van der Waals surface area contributed by atoms with Crippen molar-refractivity contribution < 1.29 is 8.42 Å². The Morgan fingerprint density at radius 2 is 1.89 bits per heavy atom. The summed E-state index contributed by atoms with van der Waals surface area (Å²) in [4.78, 5) is 0. The zero-order valence-electron chi connectivity index (χ0n) is 11.9. The van der Waals surface area contributed by atoms with Crippen molar-refractivity contribution in [2.24, 2.45) is 0 Å². The predicted octanol–water partition coefficient (Wildman–Crippen LogP) is 2.38. The van der Waals surface area contributed by atoms with Gasteiger partial charge in [-0.2, -0.15) is 0 Å². The van der Waals surface area contributed by atoms with Gasteiger partial charge >= 0.3 is 0 Å². The molecule has 0 aromatic heterocycles. The zero-order valence-corrected chi connectivity index (χ0v) is 12.8. The second kappa shape index (κ2) is 7.50. The van der Waals surface area contributed by atoms with E-state index in [1.54, 1.807) is 0 Å². The van der Waals surface area contributed by atoms with Crippen LogP contribution in [-0.4, -0.2) is 26.8 Å². The Morgan fingerprint density at radius 1 is 1.21 bits per heavy atom. The third-order valence-electron chi connectivity index (χ3n) is 2.73. The number of rotatable bonds is 8. The van der Waals surface area contributed by atoms with Gasteiger partial charge in [-0.3, -0.25) is 4.72 Å². The van der Waals surface area contributed by atoms with Crippen molar-refractivity contribution in [3.05, 3.63) is 29.8 Å². The van der Waals surface area contributed by atoms with Crippen molar-refractivity contribution in [1.82, 2.24) is 5.32 Å². The van der Waals surface area contributed by atoms with Crippen LogP contribution in [0.15, 0.2) is 24.3 Å². The van der Waals surface area contributed by atoms with Crippen LogP contribution in [0.1, 0.15) is 32.8 Å². The van der Waals surface area contributed by atoms with Crippen molar-refractivity contribution in [2.75, 3.05) is 17.0 Å². The quantitative estimate of drug-likeness (QED) is 0.770. The van der Waals surface area contributed by atoms with Crippen molar-refractivity contribution in [1.29, 1.82) is 0 Å². The highest BCUT2D eigenvalue weighted by Gasteiger charge is 2.12. The molecule has 0 bridgehead atoms. The number of hydrogen-bond acceptors (Lipinski definition) is 3. The highest BCUT2D eigenvalue weighted by Crippen LogP contribution is 2.18. The minimum Gasteiger partial charge on any atom is -0.313 e. The fourth-order valence-electron chi connectivity index (χ4n) is 1.81. The number of para-hydroxylation sites is 1. The van der Waals surface area contributed by atoms with E-state index in [9.17, 15) is 8.42 Å². The van der Waals surface area contributed by atoms with Gasteiger partial charge < -0.3 is 5.32 Å². The normalized spacial score (nSPS) is 11.8. The van der Waals surface area contributed by atoms with E-state index in [-0.39, 0.29) is 5.75 Å².